The molecular weight excluding hydrogens is 532 g/mol. The normalized spacial score (nSPS) is 45.8. The van der Waals surface area contributed by atoms with E-state index in [1.807, 2.05) is 4.98 Å². The van der Waals surface area contributed by atoms with Gasteiger partial charge < -0.3 is 71.3 Å². The number of rotatable bonds is 7. The predicted octanol–water partition coefficient (Wildman–Crippen LogP) is -7.54. The number of aliphatic hydroxyl groups excluding tert-OH is 8. The van der Waals surface area contributed by atoms with Crippen molar-refractivity contribution in [2.24, 2.45) is 11.5 Å². The zero-order valence-electron chi connectivity index (χ0n) is 20.4. The van der Waals surface area contributed by atoms with Crippen molar-refractivity contribution in [1.29, 1.82) is 0 Å². The van der Waals surface area contributed by atoms with Gasteiger partial charge in [-0.25, -0.2) is 4.79 Å². The Morgan fingerprint density at radius 1 is 0.872 bits per heavy atom. The van der Waals surface area contributed by atoms with Crippen LogP contribution in [0.3, 0.4) is 0 Å². The molecule has 0 spiro atoms. The lowest BCUT2D eigenvalue weighted by Gasteiger charge is -2.46. The Bertz CT molecular complexity index is 1090. The standard InChI is InChI=1S/C21H34N4O14/c22-9-13(31)11(29)6(36-19(9)39-20-10(23)14(32)12(30)7(4-26)37-20)3-5(27)17-15(33)16(34)18(38-17)25-2-1-8(28)24-21(25)35/h1-2,5-7,9-20,26-27,29-34H,3-4,22-23H2,(H,24,28,35)/t5-,6-,7+,9-,10?,11?,12-,13?,14?,15+,16-,17-,18-,19+,20-/m1/s1. The number of hydrogen-bond acceptors (Lipinski definition) is 16. The molecule has 1 aromatic rings. The maximum absolute atomic E-state index is 12.1. The van der Waals surface area contributed by atoms with Gasteiger partial charge >= 0.3 is 5.69 Å². The van der Waals surface area contributed by atoms with Crippen molar-refractivity contribution in [3.63, 3.8) is 0 Å². The van der Waals surface area contributed by atoms with E-state index in [0.29, 0.717) is 0 Å². The fourth-order valence-electron chi connectivity index (χ4n) is 4.86. The molecule has 0 aromatic carbocycles. The maximum Gasteiger partial charge on any atom is 0.330 e. The van der Waals surface area contributed by atoms with Gasteiger partial charge in [0.2, 0.25) is 0 Å². The van der Waals surface area contributed by atoms with Gasteiger partial charge in [0, 0.05) is 18.7 Å². The van der Waals surface area contributed by atoms with E-state index in [4.69, 9.17) is 30.4 Å². The molecule has 0 bridgehead atoms. The summed E-state index contributed by atoms with van der Waals surface area (Å²) in [5, 5.41) is 82.2. The van der Waals surface area contributed by atoms with E-state index < -0.39 is 116 Å². The number of H-pyrrole nitrogens is 1. The van der Waals surface area contributed by atoms with E-state index in [1.54, 1.807) is 0 Å². The van der Waals surface area contributed by atoms with E-state index >= 15 is 0 Å². The van der Waals surface area contributed by atoms with Crippen molar-refractivity contribution in [1.82, 2.24) is 9.55 Å². The Morgan fingerprint density at radius 2 is 1.44 bits per heavy atom. The van der Waals surface area contributed by atoms with Crippen LogP contribution in [-0.2, 0) is 18.9 Å². The molecule has 3 saturated heterocycles. The molecule has 222 valence electrons. The third kappa shape index (κ3) is 5.80. The minimum Gasteiger partial charge on any atom is -0.394 e. The number of nitrogens with two attached hydrogens (primary N) is 2. The molecule has 3 aliphatic rings. The van der Waals surface area contributed by atoms with Crippen LogP contribution in [-0.4, -0.2) is 143 Å². The molecule has 3 fully saturated rings. The largest absolute Gasteiger partial charge is 0.394 e. The van der Waals surface area contributed by atoms with Crippen molar-refractivity contribution in [2.45, 2.75) is 98.4 Å². The lowest BCUT2D eigenvalue weighted by Crippen LogP contribution is -2.67. The van der Waals surface area contributed by atoms with Crippen molar-refractivity contribution in [3.05, 3.63) is 33.1 Å². The number of aliphatic hydroxyl groups is 8. The molecular formula is C21H34N4O14. The van der Waals surface area contributed by atoms with Gasteiger partial charge in [0.25, 0.3) is 5.56 Å². The minimum absolute atomic E-state index is 0.495. The minimum atomic E-state index is -1.71. The van der Waals surface area contributed by atoms with Crippen molar-refractivity contribution in [3.8, 4) is 0 Å². The van der Waals surface area contributed by atoms with Gasteiger partial charge in [-0.2, -0.15) is 0 Å². The molecule has 18 heteroatoms. The van der Waals surface area contributed by atoms with Crippen LogP contribution in [0, 0.1) is 0 Å². The molecule has 15 atom stereocenters. The van der Waals surface area contributed by atoms with Gasteiger partial charge in [-0.05, 0) is 0 Å². The topological polar surface area (TPSA) is 306 Å². The predicted molar refractivity (Wildman–Crippen MR) is 123 cm³/mol. The summed E-state index contributed by atoms with van der Waals surface area (Å²) in [4.78, 5) is 25.4. The second-order valence-corrected chi connectivity index (χ2v) is 9.81. The molecule has 0 aliphatic carbocycles. The second kappa shape index (κ2) is 11.9. The van der Waals surface area contributed by atoms with Crippen LogP contribution < -0.4 is 22.7 Å². The molecule has 1 aromatic heterocycles. The number of aromatic nitrogens is 2. The Kier molecular flexibility index (Phi) is 9.20. The Labute approximate surface area is 219 Å². The Hall–Kier alpha value is -1.88. The first-order chi connectivity index (χ1) is 18.3. The molecule has 18 nitrogen and oxygen atoms in total. The van der Waals surface area contributed by atoms with E-state index in [0.717, 1.165) is 16.8 Å². The highest BCUT2D eigenvalue weighted by atomic mass is 16.8. The molecule has 0 saturated carbocycles. The van der Waals surface area contributed by atoms with E-state index in [2.05, 4.69) is 0 Å². The van der Waals surface area contributed by atoms with Crippen LogP contribution in [0.15, 0.2) is 21.9 Å². The zero-order valence-corrected chi connectivity index (χ0v) is 20.4. The first-order valence-electron chi connectivity index (χ1n) is 12.2. The summed E-state index contributed by atoms with van der Waals surface area (Å²) in [6.45, 7) is -0.680. The molecule has 39 heavy (non-hydrogen) atoms. The lowest BCUT2D eigenvalue weighted by atomic mass is 9.91. The van der Waals surface area contributed by atoms with Crippen LogP contribution in [0.2, 0.25) is 0 Å². The van der Waals surface area contributed by atoms with Crippen molar-refractivity contribution >= 4 is 0 Å². The van der Waals surface area contributed by atoms with Gasteiger partial charge in [-0.3, -0.25) is 14.3 Å². The summed E-state index contributed by atoms with van der Waals surface area (Å²) in [5.74, 6) is 0. The highest BCUT2D eigenvalue weighted by Gasteiger charge is 2.51. The van der Waals surface area contributed by atoms with E-state index in [1.165, 1.54) is 0 Å². The number of nitrogens with zero attached hydrogens (tertiary/aromatic N) is 1. The van der Waals surface area contributed by atoms with E-state index in [-0.39, 0.29) is 0 Å². The third-order valence-electron chi connectivity index (χ3n) is 7.20. The summed E-state index contributed by atoms with van der Waals surface area (Å²) in [5.41, 5.74) is 10.2. The van der Waals surface area contributed by atoms with Gasteiger partial charge in [-0.15, -0.1) is 0 Å². The molecule has 0 amide bonds. The highest BCUT2D eigenvalue weighted by molar-refractivity contribution is 4.99. The quantitative estimate of drug-likeness (QED) is 0.146. The first-order valence-corrected chi connectivity index (χ1v) is 12.2. The number of hydrogen-bond donors (Lipinski definition) is 11. The first kappa shape index (κ1) is 30.1. The fourth-order valence-corrected chi connectivity index (χ4v) is 4.86. The number of nitrogens with one attached hydrogen (secondary N) is 1. The average molecular weight is 567 g/mol. The highest BCUT2D eigenvalue weighted by Crippen LogP contribution is 2.33. The molecule has 4 rings (SSSR count). The summed E-state index contributed by atoms with van der Waals surface area (Å²) in [6, 6.07) is -1.69. The smallest absolute Gasteiger partial charge is 0.330 e. The molecule has 0 radical (unpaired) electrons. The van der Waals surface area contributed by atoms with Crippen LogP contribution in [0.25, 0.3) is 0 Å². The van der Waals surface area contributed by atoms with Crippen molar-refractivity contribution < 1.29 is 59.8 Å². The number of ether oxygens (including phenoxy) is 4. The van der Waals surface area contributed by atoms with Crippen LogP contribution in [0.1, 0.15) is 12.6 Å². The summed E-state index contributed by atoms with van der Waals surface area (Å²) < 4.78 is 22.9. The van der Waals surface area contributed by atoms with Gasteiger partial charge in [0.15, 0.2) is 18.8 Å². The molecule has 4 heterocycles. The van der Waals surface area contributed by atoms with Crippen LogP contribution in [0.4, 0.5) is 0 Å². The average Bonchev–Trinajstić information content (AvgIpc) is 3.19. The van der Waals surface area contributed by atoms with E-state index in [9.17, 15) is 50.4 Å². The molecule has 13 N–H and O–H groups in total. The third-order valence-corrected chi connectivity index (χ3v) is 7.20. The fraction of sp³-hybridized carbons (Fsp3) is 0.810. The molecule has 3 aliphatic heterocycles. The Balaban J connectivity index is 1.45. The van der Waals surface area contributed by atoms with Crippen molar-refractivity contribution in [2.75, 3.05) is 6.61 Å². The summed E-state index contributed by atoms with van der Waals surface area (Å²) >= 11 is 0. The summed E-state index contributed by atoms with van der Waals surface area (Å²) in [6.07, 6.45) is -19.4. The number of aromatic amines is 1. The van der Waals surface area contributed by atoms with Gasteiger partial charge in [0.05, 0.1) is 30.9 Å². The monoisotopic (exact) mass is 566 g/mol. The lowest BCUT2D eigenvalue weighted by molar-refractivity contribution is -0.343. The van der Waals surface area contributed by atoms with Crippen LogP contribution in [0.5, 0.6) is 0 Å². The zero-order chi connectivity index (χ0) is 28.8. The van der Waals surface area contributed by atoms with Gasteiger partial charge in [-0.1, -0.05) is 0 Å². The summed E-state index contributed by atoms with van der Waals surface area (Å²) in [7, 11) is 0. The second-order valence-electron chi connectivity index (χ2n) is 9.81. The SMILES string of the molecule is NC1C(O)[C@H](O)[C@H](CO)O[C@@H]1O[C@@H]1O[C@H](C[C@@H](O)[C@H]2O[C@@H](n3ccc(=O)[nH]c3=O)[C@H](O)[C@@H]2O)C(O)C(O)[C@H]1N. The van der Waals surface area contributed by atoms with Gasteiger partial charge in [0.1, 0.15) is 48.8 Å². The maximum atomic E-state index is 12.1. The van der Waals surface area contributed by atoms with Crippen LogP contribution >= 0.6 is 0 Å². The Morgan fingerprint density at radius 3 is 2.00 bits per heavy atom. The molecule has 4 unspecified atom stereocenters.